The van der Waals surface area contributed by atoms with Crippen molar-refractivity contribution in [3.63, 3.8) is 0 Å². The van der Waals surface area contributed by atoms with Crippen LogP contribution in [0.1, 0.15) is 50.0 Å². The Kier molecular flexibility index (Phi) is 6.60. The van der Waals surface area contributed by atoms with Crippen molar-refractivity contribution >= 4 is 45.2 Å². The lowest BCUT2D eigenvalue weighted by molar-refractivity contribution is -0.115. The van der Waals surface area contributed by atoms with Gasteiger partial charge < -0.3 is 14.5 Å². The van der Waals surface area contributed by atoms with E-state index < -0.39 is 0 Å². The van der Waals surface area contributed by atoms with E-state index in [0.29, 0.717) is 28.3 Å². The number of nitrogens with zero attached hydrogens (tertiary/aromatic N) is 1. The van der Waals surface area contributed by atoms with E-state index >= 15 is 0 Å². The number of furan rings is 1. The molecule has 0 radical (unpaired) electrons. The molecular weight excluding hydrogens is 442 g/mol. The molecule has 180 valence electrons. The third-order valence-corrected chi connectivity index (χ3v) is 5.75. The number of rotatable bonds is 6. The van der Waals surface area contributed by atoms with Crippen LogP contribution in [0.2, 0.25) is 0 Å². The number of hydrazone groups is 1. The highest BCUT2D eigenvalue weighted by Crippen LogP contribution is 2.36. The molecule has 1 aromatic heterocycles. The van der Waals surface area contributed by atoms with Crippen LogP contribution in [0.15, 0.2) is 70.2 Å². The number of hydrogen-bond donors (Lipinski definition) is 2. The van der Waals surface area contributed by atoms with E-state index in [1.54, 1.807) is 32.2 Å². The zero-order chi connectivity index (χ0) is 25.2. The minimum atomic E-state index is -0.331. The Bertz CT molecular complexity index is 1430. The van der Waals surface area contributed by atoms with Gasteiger partial charge in [0.15, 0.2) is 0 Å². The summed E-state index contributed by atoms with van der Waals surface area (Å²) in [5.41, 5.74) is 6.55. The fourth-order valence-corrected chi connectivity index (χ4v) is 3.82. The van der Waals surface area contributed by atoms with Crippen molar-refractivity contribution in [3.8, 4) is 5.75 Å². The Morgan fingerprint density at radius 2 is 1.69 bits per heavy atom. The van der Waals surface area contributed by atoms with Crippen molar-refractivity contribution in [2.24, 2.45) is 5.10 Å². The second kappa shape index (κ2) is 9.62. The molecule has 0 spiro atoms. The average Bonchev–Trinajstić information content (AvgIpc) is 3.18. The molecule has 1 heterocycles. The number of anilines is 1. The van der Waals surface area contributed by atoms with Gasteiger partial charge in [0.2, 0.25) is 5.91 Å². The molecule has 4 rings (SSSR count). The molecule has 7 nitrogen and oxygen atoms in total. The van der Waals surface area contributed by atoms with Gasteiger partial charge in [-0.05, 0) is 42.2 Å². The Balaban J connectivity index is 1.42. The number of fused-ring (bicyclic) bond motifs is 3. The molecule has 0 aliphatic carbocycles. The third kappa shape index (κ3) is 5.35. The number of amides is 2. The molecule has 0 saturated heterocycles. The van der Waals surface area contributed by atoms with E-state index in [4.69, 9.17) is 9.15 Å². The molecule has 0 bridgehead atoms. The molecule has 4 aromatic rings. The second-order valence-electron chi connectivity index (χ2n) is 9.49. The molecule has 3 aromatic carbocycles. The number of benzene rings is 3. The molecule has 0 atom stereocenters. The van der Waals surface area contributed by atoms with Crippen molar-refractivity contribution in [2.45, 2.75) is 39.5 Å². The Morgan fingerprint density at radius 1 is 0.971 bits per heavy atom. The Hall–Kier alpha value is -4.13. The van der Waals surface area contributed by atoms with Gasteiger partial charge in [-0.15, -0.1) is 0 Å². The van der Waals surface area contributed by atoms with Gasteiger partial charge in [0.25, 0.3) is 5.91 Å². The van der Waals surface area contributed by atoms with E-state index in [9.17, 15) is 9.59 Å². The maximum absolute atomic E-state index is 12.7. The topological polar surface area (TPSA) is 92.9 Å². The van der Waals surface area contributed by atoms with Gasteiger partial charge in [-0.3, -0.25) is 9.59 Å². The summed E-state index contributed by atoms with van der Waals surface area (Å²) in [7, 11) is 1.55. The maximum atomic E-state index is 12.7. The first-order valence-electron chi connectivity index (χ1n) is 11.4. The molecule has 0 fully saturated rings. The average molecular weight is 472 g/mol. The molecule has 7 heteroatoms. The van der Waals surface area contributed by atoms with Gasteiger partial charge in [0.05, 0.1) is 19.2 Å². The summed E-state index contributed by atoms with van der Waals surface area (Å²) in [5, 5.41) is 8.82. The first-order chi connectivity index (χ1) is 16.7. The summed E-state index contributed by atoms with van der Waals surface area (Å²) in [6, 6.07) is 18.7. The minimum absolute atomic E-state index is 0.00453. The number of carbonyl (C=O) groups is 2. The lowest BCUT2D eigenvalue weighted by Crippen LogP contribution is -2.22. The molecule has 0 aliphatic rings. The molecule has 35 heavy (non-hydrogen) atoms. The molecule has 2 N–H and O–H groups in total. The van der Waals surface area contributed by atoms with Crippen LogP contribution in [-0.4, -0.2) is 24.6 Å². The number of nitrogens with one attached hydrogen (secondary N) is 2. The SMILES string of the molecule is COc1cc2c(cc1NC(=O)CC(C)=NNC(=O)c1ccc(C(C)(C)C)cc1)oc1ccccc12. The van der Waals surface area contributed by atoms with E-state index in [0.717, 1.165) is 21.9 Å². The zero-order valence-electron chi connectivity index (χ0n) is 20.6. The van der Waals surface area contributed by atoms with Crippen LogP contribution in [0, 0.1) is 0 Å². The third-order valence-electron chi connectivity index (χ3n) is 5.75. The Morgan fingerprint density at radius 3 is 2.37 bits per heavy atom. The van der Waals surface area contributed by atoms with Crippen molar-refractivity contribution in [1.82, 2.24) is 5.43 Å². The molecule has 0 saturated carbocycles. The maximum Gasteiger partial charge on any atom is 0.271 e. The first kappa shape index (κ1) is 24.0. The zero-order valence-corrected chi connectivity index (χ0v) is 20.6. The number of ether oxygens (including phenoxy) is 1. The van der Waals surface area contributed by atoms with Gasteiger partial charge in [0.1, 0.15) is 16.9 Å². The predicted molar refractivity (Wildman–Crippen MR) is 139 cm³/mol. The van der Waals surface area contributed by atoms with Crippen molar-refractivity contribution < 1.29 is 18.7 Å². The molecule has 2 amide bonds. The van der Waals surface area contributed by atoms with E-state index in [1.165, 1.54) is 0 Å². The minimum Gasteiger partial charge on any atom is -0.495 e. The van der Waals surface area contributed by atoms with Crippen LogP contribution in [0.3, 0.4) is 0 Å². The fourth-order valence-electron chi connectivity index (χ4n) is 3.82. The van der Waals surface area contributed by atoms with Gasteiger partial charge in [0, 0.05) is 28.1 Å². The van der Waals surface area contributed by atoms with Gasteiger partial charge in [-0.25, -0.2) is 5.43 Å². The highest BCUT2D eigenvalue weighted by molar-refractivity contribution is 6.10. The molecule has 0 unspecified atom stereocenters. The van der Waals surface area contributed by atoms with Crippen LogP contribution >= 0.6 is 0 Å². The van der Waals surface area contributed by atoms with E-state index in [1.807, 2.05) is 42.5 Å². The summed E-state index contributed by atoms with van der Waals surface area (Å²) in [6.07, 6.45) is 0.00453. The van der Waals surface area contributed by atoms with Crippen LogP contribution < -0.4 is 15.5 Å². The summed E-state index contributed by atoms with van der Waals surface area (Å²) < 4.78 is 11.4. The smallest absolute Gasteiger partial charge is 0.271 e. The standard InChI is InChI=1S/C28H29N3O4/c1-17(30-31-27(33)18-10-12-19(13-11-18)28(2,3)4)14-26(32)29-22-16-24-21(15-25(22)34-5)20-8-6-7-9-23(20)35-24/h6-13,15-16H,14H2,1-5H3,(H,29,32)(H,31,33). The van der Waals surface area contributed by atoms with Crippen molar-refractivity contribution in [2.75, 3.05) is 12.4 Å². The largest absolute Gasteiger partial charge is 0.495 e. The highest BCUT2D eigenvalue weighted by Gasteiger charge is 2.16. The van der Waals surface area contributed by atoms with Gasteiger partial charge in [-0.1, -0.05) is 51.1 Å². The predicted octanol–water partition coefficient (Wildman–Crippen LogP) is 6.03. The monoisotopic (exact) mass is 471 g/mol. The van der Waals surface area contributed by atoms with Crippen LogP contribution in [-0.2, 0) is 10.2 Å². The first-order valence-corrected chi connectivity index (χ1v) is 11.4. The normalized spacial score (nSPS) is 12.1. The lowest BCUT2D eigenvalue weighted by atomic mass is 9.87. The van der Waals surface area contributed by atoms with Gasteiger partial charge >= 0.3 is 0 Å². The fraction of sp³-hybridized carbons (Fsp3) is 0.250. The quantitative estimate of drug-likeness (QED) is 0.265. The van der Waals surface area contributed by atoms with Crippen molar-refractivity contribution in [3.05, 3.63) is 71.8 Å². The lowest BCUT2D eigenvalue weighted by Gasteiger charge is -2.18. The summed E-state index contributed by atoms with van der Waals surface area (Å²) >= 11 is 0. The summed E-state index contributed by atoms with van der Waals surface area (Å²) in [6.45, 7) is 8.03. The number of para-hydroxylation sites is 1. The summed E-state index contributed by atoms with van der Waals surface area (Å²) in [4.78, 5) is 25.1. The number of methoxy groups -OCH3 is 1. The molecule has 0 aliphatic heterocycles. The van der Waals surface area contributed by atoms with Crippen molar-refractivity contribution in [1.29, 1.82) is 0 Å². The highest BCUT2D eigenvalue weighted by atomic mass is 16.5. The van der Waals surface area contributed by atoms with Crippen LogP contribution in [0.5, 0.6) is 5.75 Å². The van der Waals surface area contributed by atoms with E-state index in [2.05, 4.69) is 36.6 Å². The number of hydrogen-bond acceptors (Lipinski definition) is 5. The second-order valence-corrected chi connectivity index (χ2v) is 9.49. The number of carbonyl (C=O) groups excluding carboxylic acids is 2. The van der Waals surface area contributed by atoms with Crippen LogP contribution in [0.25, 0.3) is 21.9 Å². The molecular formula is C28H29N3O4. The van der Waals surface area contributed by atoms with Gasteiger partial charge in [-0.2, -0.15) is 5.10 Å². The summed E-state index contributed by atoms with van der Waals surface area (Å²) in [5.74, 6) is -0.0926. The Labute approximate surface area is 204 Å². The van der Waals surface area contributed by atoms with E-state index in [-0.39, 0.29) is 23.7 Å². The van der Waals surface area contributed by atoms with Crippen LogP contribution in [0.4, 0.5) is 5.69 Å².